The summed E-state index contributed by atoms with van der Waals surface area (Å²) in [7, 11) is 2.00. The molecule has 1 aromatic rings. The Labute approximate surface area is 104 Å². The molecule has 1 saturated heterocycles. The van der Waals surface area contributed by atoms with Crippen LogP contribution in [0.3, 0.4) is 0 Å². The molecule has 3 nitrogen and oxygen atoms in total. The molecule has 0 spiro atoms. The molecule has 0 aliphatic carbocycles. The molecule has 0 amide bonds. The van der Waals surface area contributed by atoms with E-state index in [9.17, 15) is 0 Å². The lowest BCUT2D eigenvalue weighted by Crippen LogP contribution is -2.32. The quantitative estimate of drug-likeness (QED) is 0.869. The summed E-state index contributed by atoms with van der Waals surface area (Å²) in [5, 5.41) is 3.26. The van der Waals surface area contributed by atoms with Crippen molar-refractivity contribution in [2.75, 3.05) is 25.0 Å². The summed E-state index contributed by atoms with van der Waals surface area (Å²) in [6, 6.07) is 2.18. The highest BCUT2D eigenvalue weighted by Gasteiger charge is 2.17. The van der Waals surface area contributed by atoms with E-state index in [1.165, 1.54) is 36.2 Å². The van der Waals surface area contributed by atoms with Gasteiger partial charge in [0.15, 0.2) is 0 Å². The van der Waals surface area contributed by atoms with Gasteiger partial charge in [-0.1, -0.05) is 0 Å². The van der Waals surface area contributed by atoms with E-state index in [1.54, 1.807) is 0 Å². The average Bonchev–Trinajstić information content (AvgIpc) is 2.33. The van der Waals surface area contributed by atoms with Gasteiger partial charge in [-0.2, -0.15) is 0 Å². The molecule has 1 fully saturated rings. The first-order valence-corrected chi connectivity index (χ1v) is 6.59. The molecule has 2 rings (SSSR count). The number of hydrogen-bond acceptors (Lipinski definition) is 3. The van der Waals surface area contributed by atoms with Gasteiger partial charge in [0.1, 0.15) is 5.82 Å². The van der Waals surface area contributed by atoms with E-state index in [4.69, 9.17) is 4.98 Å². The van der Waals surface area contributed by atoms with Gasteiger partial charge in [-0.05, 0) is 51.8 Å². The highest BCUT2D eigenvalue weighted by Crippen LogP contribution is 2.25. The molecule has 3 heteroatoms. The normalized spacial score (nSPS) is 16.3. The van der Waals surface area contributed by atoms with Crippen molar-refractivity contribution in [3.05, 3.63) is 22.9 Å². The van der Waals surface area contributed by atoms with Gasteiger partial charge >= 0.3 is 0 Å². The Morgan fingerprint density at radius 2 is 1.94 bits per heavy atom. The molecule has 1 N–H and O–H groups in total. The fraction of sp³-hybridized carbons (Fsp3) is 0.643. The second-order valence-electron chi connectivity index (χ2n) is 4.96. The maximum atomic E-state index is 4.76. The second kappa shape index (κ2) is 5.50. The monoisotopic (exact) mass is 233 g/mol. The lowest BCUT2D eigenvalue weighted by Gasteiger charge is -2.30. The van der Waals surface area contributed by atoms with Crippen molar-refractivity contribution in [3.63, 3.8) is 0 Å². The summed E-state index contributed by atoms with van der Waals surface area (Å²) in [5.74, 6) is 1.21. The van der Waals surface area contributed by atoms with Crippen LogP contribution in [-0.4, -0.2) is 25.1 Å². The number of rotatable bonds is 3. The van der Waals surface area contributed by atoms with E-state index in [-0.39, 0.29) is 0 Å². The minimum Gasteiger partial charge on any atom is -0.356 e. The van der Waals surface area contributed by atoms with E-state index >= 15 is 0 Å². The average molecular weight is 233 g/mol. The van der Waals surface area contributed by atoms with Gasteiger partial charge in [0.05, 0.1) is 0 Å². The zero-order valence-corrected chi connectivity index (χ0v) is 11.2. The molecule has 0 unspecified atom stereocenters. The third-order valence-electron chi connectivity index (χ3n) is 3.46. The molecule has 0 bridgehead atoms. The summed E-state index contributed by atoms with van der Waals surface area (Å²) in [6.45, 7) is 7.50. The Morgan fingerprint density at radius 3 is 2.59 bits per heavy atom. The summed E-state index contributed by atoms with van der Waals surface area (Å²) >= 11 is 0. The first kappa shape index (κ1) is 12.4. The highest BCUT2D eigenvalue weighted by molar-refractivity contribution is 5.51. The summed E-state index contributed by atoms with van der Waals surface area (Å²) in [4.78, 5) is 7.22. The van der Waals surface area contributed by atoms with Crippen molar-refractivity contribution in [1.82, 2.24) is 10.3 Å². The van der Waals surface area contributed by atoms with Gasteiger partial charge in [0, 0.05) is 30.9 Å². The van der Waals surface area contributed by atoms with Crippen molar-refractivity contribution >= 4 is 5.82 Å². The van der Waals surface area contributed by atoms with E-state index in [1.807, 2.05) is 7.05 Å². The van der Waals surface area contributed by atoms with Gasteiger partial charge in [-0.25, -0.2) is 4.98 Å². The van der Waals surface area contributed by atoms with E-state index in [0.29, 0.717) is 0 Å². The summed E-state index contributed by atoms with van der Waals surface area (Å²) in [6.07, 6.45) is 3.96. The van der Waals surface area contributed by atoms with Crippen LogP contribution in [-0.2, 0) is 6.54 Å². The maximum Gasteiger partial charge on any atom is 0.133 e. The van der Waals surface area contributed by atoms with Crippen LogP contribution in [0.1, 0.15) is 36.1 Å². The molecule has 94 valence electrons. The molecule has 2 heterocycles. The van der Waals surface area contributed by atoms with Crippen molar-refractivity contribution in [1.29, 1.82) is 0 Å². The van der Waals surface area contributed by atoms with Crippen molar-refractivity contribution in [3.8, 4) is 0 Å². The molecule has 17 heavy (non-hydrogen) atoms. The van der Waals surface area contributed by atoms with Crippen molar-refractivity contribution < 1.29 is 0 Å². The zero-order valence-electron chi connectivity index (χ0n) is 11.2. The maximum absolute atomic E-state index is 4.76. The van der Waals surface area contributed by atoms with Crippen LogP contribution in [0, 0.1) is 13.8 Å². The van der Waals surface area contributed by atoms with Gasteiger partial charge in [0.2, 0.25) is 0 Å². The third-order valence-corrected chi connectivity index (χ3v) is 3.46. The third kappa shape index (κ3) is 2.78. The standard InChI is InChI=1S/C14H23N3/c1-11-9-12(2)16-14(13(11)10-15-3)17-7-5-4-6-8-17/h9,15H,4-8,10H2,1-3H3. The Morgan fingerprint density at radius 1 is 1.24 bits per heavy atom. The largest absolute Gasteiger partial charge is 0.356 e. The van der Waals surface area contributed by atoms with E-state index in [2.05, 4.69) is 30.1 Å². The van der Waals surface area contributed by atoms with Crippen LogP contribution in [0.2, 0.25) is 0 Å². The Balaban J connectivity index is 2.35. The van der Waals surface area contributed by atoms with Crippen LogP contribution in [0.15, 0.2) is 6.07 Å². The summed E-state index contributed by atoms with van der Waals surface area (Å²) < 4.78 is 0. The van der Waals surface area contributed by atoms with Gasteiger partial charge < -0.3 is 10.2 Å². The van der Waals surface area contributed by atoms with Crippen LogP contribution in [0.25, 0.3) is 0 Å². The lowest BCUT2D eigenvalue weighted by atomic mass is 10.1. The fourth-order valence-electron chi connectivity index (χ4n) is 2.61. The number of nitrogens with one attached hydrogen (secondary N) is 1. The summed E-state index contributed by atoms with van der Waals surface area (Å²) in [5.41, 5.74) is 3.84. The van der Waals surface area contributed by atoms with E-state index < -0.39 is 0 Å². The second-order valence-corrected chi connectivity index (χ2v) is 4.96. The topological polar surface area (TPSA) is 28.2 Å². The Kier molecular flexibility index (Phi) is 4.00. The number of aromatic nitrogens is 1. The molecule has 0 radical (unpaired) electrons. The molecular formula is C14H23N3. The first-order chi connectivity index (χ1) is 8.22. The predicted octanol–water partition coefficient (Wildman–Crippen LogP) is 2.41. The molecule has 1 aliphatic heterocycles. The van der Waals surface area contributed by atoms with Crippen molar-refractivity contribution in [2.45, 2.75) is 39.7 Å². The van der Waals surface area contributed by atoms with Crippen LogP contribution < -0.4 is 10.2 Å². The number of anilines is 1. The van der Waals surface area contributed by atoms with Crippen LogP contribution >= 0.6 is 0 Å². The van der Waals surface area contributed by atoms with Gasteiger partial charge in [-0.3, -0.25) is 0 Å². The minimum atomic E-state index is 0.908. The molecule has 1 aromatic heterocycles. The van der Waals surface area contributed by atoms with Gasteiger partial charge in [0.25, 0.3) is 0 Å². The highest BCUT2D eigenvalue weighted by atomic mass is 15.2. The first-order valence-electron chi connectivity index (χ1n) is 6.59. The number of pyridine rings is 1. The number of hydrogen-bond donors (Lipinski definition) is 1. The molecule has 0 aromatic carbocycles. The zero-order chi connectivity index (χ0) is 12.3. The smallest absolute Gasteiger partial charge is 0.133 e. The molecule has 1 aliphatic rings. The van der Waals surface area contributed by atoms with Gasteiger partial charge in [-0.15, -0.1) is 0 Å². The molecule has 0 atom stereocenters. The SMILES string of the molecule is CNCc1c(C)cc(C)nc1N1CCCCC1. The predicted molar refractivity (Wildman–Crippen MR) is 72.5 cm³/mol. The lowest BCUT2D eigenvalue weighted by molar-refractivity contribution is 0.570. The molecular weight excluding hydrogens is 210 g/mol. The van der Waals surface area contributed by atoms with Crippen LogP contribution in [0.5, 0.6) is 0 Å². The van der Waals surface area contributed by atoms with Crippen LogP contribution in [0.4, 0.5) is 5.82 Å². The fourth-order valence-corrected chi connectivity index (χ4v) is 2.61. The molecule has 0 saturated carbocycles. The Hall–Kier alpha value is -1.09. The minimum absolute atomic E-state index is 0.908. The number of piperidine rings is 1. The van der Waals surface area contributed by atoms with Crippen molar-refractivity contribution in [2.24, 2.45) is 0 Å². The van der Waals surface area contributed by atoms with E-state index in [0.717, 1.165) is 25.3 Å². The number of aryl methyl sites for hydroxylation is 2. The Bertz CT molecular complexity index is 381. The number of nitrogens with zero attached hydrogens (tertiary/aromatic N) is 2.